The summed E-state index contributed by atoms with van der Waals surface area (Å²) in [4.78, 5) is 248. The largest absolute Gasteiger partial charge is 0.508 e. The van der Waals surface area contributed by atoms with Gasteiger partial charge < -0.3 is 130 Å². The molecule has 0 heterocycles. The van der Waals surface area contributed by atoms with E-state index in [0.717, 1.165) is 0 Å². The lowest BCUT2D eigenvalue weighted by Gasteiger charge is -2.28. The number of phenolic OH excluding ortho intramolecular Hbond substituents is 1. The van der Waals surface area contributed by atoms with Gasteiger partial charge in [0.15, 0.2) is 5.96 Å². The Morgan fingerprint density at radius 3 is 1.23 bits per heavy atom. The molecule has 18 amide bonds. The van der Waals surface area contributed by atoms with Crippen molar-refractivity contribution in [3.63, 3.8) is 0 Å². The van der Waals surface area contributed by atoms with E-state index in [0.29, 0.717) is 88.6 Å². The van der Waals surface area contributed by atoms with Crippen molar-refractivity contribution in [3.05, 3.63) is 29.8 Å². The maximum Gasteiger partial charge on any atom is 0.245 e. The Balaban J connectivity index is 3.17. The van der Waals surface area contributed by atoms with Crippen LogP contribution in [-0.2, 0) is 92.7 Å². The molecule has 1 aromatic rings. The van der Waals surface area contributed by atoms with Crippen molar-refractivity contribution in [2.24, 2.45) is 62.9 Å². The predicted octanol–water partition coefficient (Wildman–Crippen LogP) is -4.66. The number of hydrogen-bond acceptors (Lipinski definition) is 26. The highest BCUT2D eigenvalue weighted by Crippen LogP contribution is 2.17. The molecule has 1 aromatic carbocycles. The number of thioether (sulfide) groups is 1. The Bertz CT molecular complexity index is 3860. The monoisotopic (exact) mass is 1890 g/mol. The fourth-order valence-corrected chi connectivity index (χ4v) is 13.8. The van der Waals surface area contributed by atoms with Crippen molar-refractivity contribution in [2.45, 2.75) is 321 Å². The van der Waals surface area contributed by atoms with Gasteiger partial charge in [0.05, 0.1) is 6.10 Å². The number of aliphatic hydroxyl groups is 1. The highest BCUT2D eigenvalue weighted by atomic mass is 32.2. The lowest BCUT2D eigenvalue weighted by molar-refractivity contribution is -0.137. The van der Waals surface area contributed by atoms with Gasteiger partial charge in [0.1, 0.15) is 90.3 Å². The molecule has 0 saturated carbocycles. The molecule has 0 aliphatic rings. The highest BCUT2D eigenvalue weighted by Gasteiger charge is 2.38. The zero-order valence-electron chi connectivity index (χ0n) is 78.8. The van der Waals surface area contributed by atoms with Crippen LogP contribution in [0.25, 0.3) is 0 Å². The fourth-order valence-electron chi connectivity index (χ4n) is 13.3. The van der Waals surface area contributed by atoms with E-state index >= 15 is 0 Å². The summed E-state index contributed by atoms with van der Waals surface area (Å²) in [7, 11) is 0. The molecular formula is C86H153N25O20S. The number of benzene rings is 1. The van der Waals surface area contributed by atoms with Gasteiger partial charge >= 0.3 is 0 Å². The second kappa shape index (κ2) is 66.3. The summed E-state index contributed by atoms with van der Waals surface area (Å²) < 4.78 is 0. The third kappa shape index (κ3) is 50.5. The van der Waals surface area contributed by atoms with Gasteiger partial charge in [-0.1, -0.05) is 60.1 Å². The molecule has 46 heteroatoms. The zero-order valence-corrected chi connectivity index (χ0v) is 79.6. The molecule has 132 heavy (non-hydrogen) atoms. The number of hydrogen-bond donors (Lipinski definition) is 26. The number of nitrogens with two attached hydrogens (primary N) is 7. The van der Waals surface area contributed by atoms with Crippen molar-refractivity contribution in [3.8, 4) is 5.75 Å². The topological polar surface area (TPSA) is 747 Å². The number of amides is 18. The number of aromatic hydroxyl groups is 1. The lowest BCUT2D eigenvalue weighted by atomic mass is 9.98. The van der Waals surface area contributed by atoms with E-state index in [1.165, 1.54) is 70.6 Å². The molecule has 16 atom stereocenters. The molecule has 1 rings (SSSR count). The number of hydrazine groups is 1. The molecule has 0 aromatic heterocycles. The van der Waals surface area contributed by atoms with Crippen LogP contribution in [0.2, 0.25) is 0 Å². The third-order valence-electron chi connectivity index (χ3n) is 21.1. The number of guanidine groups is 1. The van der Waals surface area contributed by atoms with Gasteiger partial charge in [-0.15, -0.1) is 0 Å². The maximum atomic E-state index is 14.7. The van der Waals surface area contributed by atoms with Crippen LogP contribution < -0.4 is 131 Å². The van der Waals surface area contributed by atoms with E-state index in [4.69, 9.17) is 40.1 Å². The van der Waals surface area contributed by atoms with Crippen LogP contribution in [0.4, 0.5) is 0 Å². The quantitative estimate of drug-likeness (QED) is 0.0126. The number of nitrogens with one attached hydrogen (secondary N) is 17. The number of phenols is 1. The van der Waals surface area contributed by atoms with Crippen molar-refractivity contribution >= 4 is 124 Å². The number of carbonyl (C=O) groups is 18. The van der Waals surface area contributed by atoms with E-state index in [1.54, 1.807) is 27.7 Å². The van der Waals surface area contributed by atoms with E-state index in [9.17, 15) is 96.5 Å². The number of aliphatic hydroxyl groups excluding tert-OH is 1. The van der Waals surface area contributed by atoms with Crippen molar-refractivity contribution in [1.29, 1.82) is 0 Å². The molecule has 0 radical (unpaired) electrons. The molecule has 748 valence electrons. The van der Waals surface area contributed by atoms with E-state index in [2.05, 4.69) is 95.6 Å². The van der Waals surface area contributed by atoms with Crippen molar-refractivity contribution in [2.75, 3.05) is 51.3 Å². The zero-order chi connectivity index (χ0) is 99.7. The normalized spacial score (nSPS) is 14.8. The highest BCUT2D eigenvalue weighted by molar-refractivity contribution is 7.98. The molecule has 0 bridgehead atoms. The van der Waals surface area contributed by atoms with Gasteiger partial charge in [-0.25, -0.2) is 5.43 Å². The van der Waals surface area contributed by atoms with Crippen LogP contribution in [0.15, 0.2) is 29.3 Å². The minimum absolute atomic E-state index is 0.00883. The lowest BCUT2D eigenvalue weighted by Crippen LogP contribution is -2.61. The first kappa shape index (κ1) is 119. The SMILES string of the molecule is CC[C@H](C)[C@H](NNC(=O)CCCCNC(=O)CCCCNC(=O)[C@H](CCCCN)NC(=O)[C@H](CCSC)NC(=O)[C@H](CCCN=C(N)N)NC(=O)[C@H](CC(C)C)NC(C)=O)C(=O)N[C@@H](C)C(=O)N[C@@H](Cc1ccc(O)cc1)C(=O)N[C@@H](CC(C)C)C(=O)N[C@@H](CCCCN)C(=O)N[C@@H](CCC(N)=O)C(=O)N[C@@H](C)C(=O)N[C@H](C(=O)N[C@@H](C)C(=O)N[C@@H](CCCCN)C(N)=O)[C@@H](C)O. The average molecular weight is 1890 g/mol. The number of aliphatic imine (C=N–C) groups is 1. The second-order valence-electron chi connectivity index (χ2n) is 33.9. The summed E-state index contributed by atoms with van der Waals surface area (Å²) >= 11 is 1.43. The maximum absolute atomic E-state index is 14.7. The molecule has 0 spiro atoms. The van der Waals surface area contributed by atoms with Gasteiger partial charge in [-0.3, -0.25) is 96.7 Å². The minimum atomic E-state index is -1.71. The van der Waals surface area contributed by atoms with Crippen LogP contribution in [0.1, 0.15) is 229 Å². The Morgan fingerprint density at radius 2 is 0.780 bits per heavy atom. The van der Waals surface area contributed by atoms with Crippen LogP contribution in [0.3, 0.4) is 0 Å². The first-order valence-electron chi connectivity index (χ1n) is 45.5. The van der Waals surface area contributed by atoms with Crippen molar-refractivity contribution in [1.82, 2.24) is 90.6 Å². The van der Waals surface area contributed by atoms with Gasteiger partial charge in [0.25, 0.3) is 0 Å². The van der Waals surface area contributed by atoms with Crippen LogP contribution in [-0.4, -0.2) is 264 Å². The Hall–Kier alpha value is -11.1. The van der Waals surface area contributed by atoms with Crippen LogP contribution in [0.5, 0.6) is 5.75 Å². The van der Waals surface area contributed by atoms with Gasteiger partial charge in [-0.05, 0) is 217 Å². The first-order valence-corrected chi connectivity index (χ1v) is 46.9. The molecule has 33 N–H and O–H groups in total. The predicted molar refractivity (Wildman–Crippen MR) is 498 cm³/mol. The van der Waals surface area contributed by atoms with E-state index < -0.39 is 210 Å². The number of rotatable bonds is 70. The molecular weight excluding hydrogens is 1740 g/mol. The molecule has 0 unspecified atom stereocenters. The first-order chi connectivity index (χ1) is 62.3. The molecule has 0 fully saturated rings. The third-order valence-corrected chi connectivity index (χ3v) is 21.8. The summed E-state index contributed by atoms with van der Waals surface area (Å²) in [6, 6.07) is -12.5. The summed E-state index contributed by atoms with van der Waals surface area (Å²) in [5.41, 5.74) is 44.9. The Morgan fingerprint density at radius 1 is 0.394 bits per heavy atom. The summed E-state index contributed by atoms with van der Waals surface area (Å²) in [5.74, 6) is -14.0. The Kier molecular flexibility index (Phi) is 59.7. The minimum Gasteiger partial charge on any atom is -0.508 e. The summed E-state index contributed by atoms with van der Waals surface area (Å²) in [5, 5.41) is 60.1. The second-order valence-corrected chi connectivity index (χ2v) is 34.9. The van der Waals surface area contributed by atoms with Gasteiger partial charge in [-0.2, -0.15) is 11.8 Å². The molecule has 0 aliphatic heterocycles. The van der Waals surface area contributed by atoms with Gasteiger partial charge in [0.2, 0.25) is 106 Å². The summed E-state index contributed by atoms with van der Waals surface area (Å²) in [6.07, 6.45) is 4.90. The van der Waals surface area contributed by atoms with E-state index in [-0.39, 0.29) is 133 Å². The summed E-state index contributed by atoms with van der Waals surface area (Å²) in [6.45, 7) is 18.5. The molecule has 45 nitrogen and oxygen atoms in total. The van der Waals surface area contributed by atoms with E-state index in [1.807, 2.05) is 20.1 Å². The van der Waals surface area contributed by atoms with Crippen LogP contribution >= 0.6 is 11.8 Å². The van der Waals surface area contributed by atoms with Crippen LogP contribution in [0, 0.1) is 17.8 Å². The van der Waals surface area contributed by atoms with Gasteiger partial charge in [0, 0.05) is 52.2 Å². The van der Waals surface area contributed by atoms with Crippen molar-refractivity contribution < 1.29 is 96.5 Å². The Labute approximate surface area is 778 Å². The smallest absolute Gasteiger partial charge is 0.245 e. The fraction of sp³-hybridized carbons (Fsp3) is 0.709. The number of unbranched alkanes of at least 4 members (excludes halogenated alkanes) is 5. The average Bonchev–Trinajstić information content (AvgIpc) is 0.852. The molecule has 0 aliphatic carbocycles. The number of nitrogens with zero attached hydrogens (tertiary/aromatic N) is 1. The number of primary amides is 2. The number of carbonyl (C=O) groups excluding carboxylic acids is 18. The standard InChI is InChI=1S/C86H153N25O20S/c1-13-50(6)70(111-110-69(117)30-18-22-41-94-68(116)29-17-23-42-95-76(122)59(26-15-20-39-88)102-80(126)63(37-44-132-12)106-79(125)61(28-24-43-96-86(92)93)104-81(127)64(45-48(2)3)100-55(11)113)84(130)98-52(8)74(120)107-66(47-56-31-33-57(114)34-32-56)83(129)108-65(46-49(4)5)82(128)103-60(27-16-21-40-89)78(124)105-62(35-36-67(90)115)77(123)97-53(9)75(121)109-71(54(10)112)85(131)99-51(7)73(119)101-58(72(91)118)25-14-19-38-87/h31-34,48-54,58-66,70-71,111-112,114H,13-30,35-47,87-89H2,1-12H3,(H2,90,115)(H2,91,118)(H,94,116)(H,95,122)(H,97,123)(H,98,130)(H,99,131)(H,100,113)(H,101,119)(H,102,126)(H,103,128)(H,104,127)(H,105,124)(H,106,125)(H,107,120)(H,108,129)(H,109,121)(H,110,117)(H4,92,93,96)/t50-,51-,52-,53-,54+,58-,59-,60-,61-,62-,63-,64-,65-,66-,70-,71-/m0/s1. The molecule has 0 saturated heterocycles.